The summed E-state index contributed by atoms with van der Waals surface area (Å²) < 4.78 is 18.7. The van der Waals surface area contributed by atoms with Crippen molar-refractivity contribution >= 4 is 17.6 Å². The molecule has 0 aliphatic rings. The van der Waals surface area contributed by atoms with Crippen molar-refractivity contribution in [1.82, 2.24) is 0 Å². The van der Waals surface area contributed by atoms with E-state index in [1.165, 1.54) is 19.2 Å². The minimum absolute atomic E-state index is 0.372. The minimum Gasteiger partial charge on any atom is -0.497 e. The lowest BCUT2D eigenvalue weighted by Gasteiger charge is -2.08. The van der Waals surface area contributed by atoms with Crippen LogP contribution < -0.4 is 4.74 Å². The van der Waals surface area contributed by atoms with E-state index in [2.05, 4.69) is 0 Å². The van der Waals surface area contributed by atoms with Gasteiger partial charge in [-0.1, -0.05) is 17.7 Å². The summed E-state index contributed by atoms with van der Waals surface area (Å²) in [4.78, 5) is 10.8. The normalized spacial score (nSPS) is 10.3. The monoisotopic (exact) mass is 280 g/mol. The summed E-state index contributed by atoms with van der Waals surface area (Å²) in [7, 11) is 1.52. The maximum absolute atomic E-state index is 13.6. The zero-order valence-electron chi connectivity index (χ0n) is 9.98. The second-order valence-corrected chi connectivity index (χ2v) is 4.25. The first-order valence-electron chi connectivity index (χ1n) is 5.39. The lowest BCUT2D eigenvalue weighted by atomic mass is 10.0. The van der Waals surface area contributed by atoms with E-state index < -0.39 is 11.8 Å². The van der Waals surface area contributed by atoms with Gasteiger partial charge in [-0.15, -0.1) is 0 Å². The number of carbonyl (C=O) groups is 1. The second-order valence-electron chi connectivity index (χ2n) is 3.85. The van der Waals surface area contributed by atoms with Crippen molar-refractivity contribution < 1.29 is 19.0 Å². The predicted octanol–water partition coefficient (Wildman–Crippen LogP) is 3.85. The van der Waals surface area contributed by atoms with E-state index in [0.29, 0.717) is 21.9 Å². The Bertz CT molecular complexity index is 641. The summed E-state index contributed by atoms with van der Waals surface area (Å²) in [5.74, 6) is -1.52. The Balaban J connectivity index is 2.53. The first-order valence-corrected chi connectivity index (χ1v) is 5.77. The third-order valence-electron chi connectivity index (χ3n) is 2.68. The first-order chi connectivity index (χ1) is 9.02. The van der Waals surface area contributed by atoms with Crippen LogP contribution in [0, 0.1) is 5.82 Å². The van der Waals surface area contributed by atoms with E-state index in [0.717, 1.165) is 6.07 Å². The number of ether oxygens (including phenoxy) is 1. The van der Waals surface area contributed by atoms with Crippen LogP contribution in [-0.4, -0.2) is 18.2 Å². The van der Waals surface area contributed by atoms with Gasteiger partial charge in [0.05, 0.1) is 12.7 Å². The lowest BCUT2D eigenvalue weighted by molar-refractivity contribution is 0.0692. The molecule has 1 N–H and O–H groups in total. The molecule has 3 nitrogen and oxygen atoms in total. The number of carboxylic acid groups (broad SMARTS) is 1. The average molecular weight is 281 g/mol. The van der Waals surface area contributed by atoms with Gasteiger partial charge in [-0.05, 0) is 35.9 Å². The van der Waals surface area contributed by atoms with Gasteiger partial charge in [0.25, 0.3) is 0 Å². The topological polar surface area (TPSA) is 46.5 Å². The molecule has 98 valence electrons. The van der Waals surface area contributed by atoms with Gasteiger partial charge in [0.15, 0.2) is 0 Å². The van der Waals surface area contributed by atoms with Crippen LogP contribution in [0.2, 0.25) is 5.02 Å². The highest BCUT2D eigenvalue weighted by Gasteiger charge is 2.13. The first kappa shape index (κ1) is 13.4. The van der Waals surface area contributed by atoms with Gasteiger partial charge >= 0.3 is 5.97 Å². The predicted molar refractivity (Wildman–Crippen MR) is 70.4 cm³/mol. The molecule has 0 spiro atoms. The summed E-state index contributed by atoms with van der Waals surface area (Å²) in [6, 6.07) is 8.85. The molecule has 0 radical (unpaired) electrons. The molecule has 0 saturated carbocycles. The fraction of sp³-hybridized carbons (Fsp3) is 0.0714. The SMILES string of the molecule is COc1ccc(Cl)c(-c2ccc(C(=O)O)c(F)c2)c1. The van der Waals surface area contributed by atoms with E-state index in [4.69, 9.17) is 21.4 Å². The summed E-state index contributed by atoms with van der Waals surface area (Å²) >= 11 is 6.05. The molecule has 2 rings (SSSR count). The standard InChI is InChI=1S/C14H10ClFO3/c1-19-9-3-5-12(15)11(7-9)8-2-4-10(14(17)18)13(16)6-8/h2-7H,1H3,(H,17,18). The van der Waals surface area contributed by atoms with Crippen molar-refractivity contribution in [3.05, 3.63) is 52.8 Å². The van der Waals surface area contributed by atoms with Gasteiger partial charge in [-0.2, -0.15) is 0 Å². The number of methoxy groups -OCH3 is 1. The van der Waals surface area contributed by atoms with E-state index in [1.807, 2.05) is 0 Å². The Kier molecular flexibility index (Phi) is 3.71. The molecule has 0 aromatic heterocycles. The minimum atomic E-state index is -1.30. The Morgan fingerprint density at radius 3 is 2.58 bits per heavy atom. The number of aromatic carboxylic acids is 1. The Hall–Kier alpha value is -2.07. The van der Waals surface area contributed by atoms with Crippen LogP contribution >= 0.6 is 11.6 Å². The quantitative estimate of drug-likeness (QED) is 0.929. The number of rotatable bonds is 3. The number of carboxylic acids is 1. The highest BCUT2D eigenvalue weighted by molar-refractivity contribution is 6.33. The Labute approximate surface area is 114 Å². The van der Waals surface area contributed by atoms with E-state index in [9.17, 15) is 9.18 Å². The highest BCUT2D eigenvalue weighted by Crippen LogP contribution is 2.32. The second kappa shape index (κ2) is 5.28. The largest absolute Gasteiger partial charge is 0.497 e. The summed E-state index contributed by atoms with van der Waals surface area (Å²) in [6.45, 7) is 0. The molecule has 0 unspecified atom stereocenters. The molecule has 0 amide bonds. The molecule has 2 aromatic carbocycles. The number of hydrogen-bond acceptors (Lipinski definition) is 2. The molecule has 0 aliphatic heterocycles. The summed E-state index contributed by atoms with van der Waals surface area (Å²) in [5, 5.41) is 9.21. The maximum Gasteiger partial charge on any atom is 0.338 e. The molecular formula is C14H10ClFO3. The molecule has 2 aromatic rings. The maximum atomic E-state index is 13.6. The van der Waals surface area contributed by atoms with Gasteiger partial charge < -0.3 is 9.84 Å². The molecular weight excluding hydrogens is 271 g/mol. The smallest absolute Gasteiger partial charge is 0.338 e. The van der Waals surface area contributed by atoms with Crippen LogP contribution in [0.25, 0.3) is 11.1 Å². The lowest BCUT2D eigenvalue weighted by Crippen LogP contribution is -2.00. The summed E-state index contributed by atoms with van der Waals surface area (Å²) in [6.07, 6.45) is 0. The van der Waals surface area contributed by atoms with Crippen LogP contribution in [0.15, 0.2) is 36.4 Å². The molecule has 0 heterocycles. The van der Waals surface area contributed by atoms with Gasteiger partial charge in [0, 0.05) is 10.6 Å². The van der Waals surface area contributed by atoms with Crippen molar-refractivity contribution in [3.8, 4) is 16.9 Å². The molecule has 0 saturated heterocycles. The van der Waals surface area contributed by atoms with Crippen LogP contribution in [-0.2, 0) is 0 Å². The molecule has 0 bridgehead atoms. The molecule has 0 aliphatic carbocycles. The van der Waals surface area contributed by atoms with E-state index in [-0.39, 0.29) is 5.56 Å². The van der Waals surface area contributed by atoms with Crippen LogP contribution in [0.5, 0.6) is 5.75 Å². The van der Waals surface area contributed by atoms with Gasteiger partial charge in [-0.3, -0.25) is 0 Å². The van der Waals surface area contributed by atoms with Crippen molar-refractivity contribution in [1.29, 1.82) is 0 Å². The van der Waals surface area contributed by atoms with Gasteiger partial charge in [-0.25, -0.2) is 9.18 Å². The van der Waals surface area contributed by atoms with Crippen molar-refractivity contribution in [2.45, 2.75) is 0 Å². The van der Waals surface area contributed by atoms with Gasteiger partial charge in [0.2, 0.25) is 0 Å². The Morgan fingerprint density at radius 1 is 1.26 bits per heavy atom. The van der Waals surface area contributed by atoms with Gasteiger partial charge in [0.1, 0.15) is 11.6 Å². The molecule has 0 atom stereocenters. The van der Waals surface area contributed by atoms with Crippen LogP contribution in [0.1, 0.15) is 10.4 Å². The molecule has 5 heteroatoms. The Morgan fingerprint density at radius 2 is 2.00 bits per heavy atom. The molecule has 19 heavy (non-hydrogen) atoms. The number of halogens is 2. The van der Waals surface area contributed by atoms with E-state index in [1.54, 1.807) is 18.2 Å². The zero-order chi connectivity index (χ0) is 14.0. The molecule has 0 fully saturated rings. The highest BCUT2D eigenvalue weighted by atomic mass is 35.5. The zero-order valence-corrected chi connectivity index (χ0v) is 10.7. The van der Waals surface area contributed by atoms with Crippen molar-refractivity contribution in [3.63, 3.8) is 0 Å². The fourth-order valence-corrected chi connectivity index (χ4v) is 1.94. The average Bonchev–Trinajstić information content (AvgIpc) is 2.38. The van der Waals surface area contributed by atoms with Crippen LogP contribution in [0.3, 0.4) is 0 Å². The van der Waals surface area contributed by atoms with Crippen LogP contribution in [0.4, 0.5) is 4.39 Å². The third kappa shape index (κ3) is 2.69. The summed E-state index contributed by atoms with van der Waals surface area (Å²) in [5.41, 5.74) is 0.700. The van der Waals surface area contributed by atoms with Crippen molar-refractivity contribution in [2.75, 3.05) is 7.11 Å². The third-order valence-corrected chi connectivity index (χ3v) is 3.01. The van der Waals surface area contributed by atoms with Crippen molar-refractivity contribution in [2.24, 2.45) is 0 Å². The van der Waals surface area contributed by atoms with E-state index >= 15 is 0 Å². The number of benzene rings is 2. The fourth-order valence-electron chi connectivity index (χ4n) is 1.71. The number of hydrogen-bond donors (Lipinski definition) is 1.